The second-order valence-electron chi connectivity index (χ2n) is 6.81. The van der Waals surface area contributed by atoms with Gasteiger partial charge in [-0.15, -0.1) is 0 Å². The van der Waals surface area contributed by atoms with E-state index < -0.39 is 0 Å². The molecule has 0 atom stereocenters. The standard InChI is InChI=1S/C21H20ClN3O2/c1-14-6-7-16(22)13-19(14)24-8-10-25(11-9-24)21(27)18-12-15-4-2-3-5-17(15)20(26)23-18/h2-7,12-13H,8-11H2,1H3,(H,23,26). The Morgan fingerprint density at radius 1 is 1.04 bits per heavy atom. The molecule has 1 aliphatic rings. The van der Waals surface area contributed by atoms with Crippen molar-refractivity contribution in [2.75, 3.05) is 31.1 Å². The van der Waals surface area contributed by atoms with E-state index in [0.29, 0.717) is 29.2 Å². The Bertz CT molecular complexity index is 1070. The number of pyridine rings is 1. The lowest BCUT2D eigenvalue weighted by atomic mass is 10.1. The highest BCUT2D eigenvalue weighted by atomic mass is 35.5. The zero-order valence-corrected chi connectivity index (χ0v) is 15.8. The molecule has 1 fully saturated rings. The summed E-state index contributed by atoms with van der Waals surface area (Å²) in [5.74, 6) is -0.139. The highest BCUT2D eigenvalue weighted by molar-refractivity contribution is 6.30. The number of rotatable bonds is 2. The first-order valence-electron chi connectivity index (χ1n) is 8.95. The van der Waals surface area contributed by atoms with Crippen LogP contribution >= 0.6 is 11.6 Å². The second-order valence-corrected chi connectivity index (χ2v) is 7.25. The molecule has 3 aromatic rings. The normalized spacial score (nSPS) is 14.6. The Morgan fingerprint density at radius 3 is 2.56 bits per heavy atom. The molecule has 0 saturated carbocycles. The van der Waals surface area contributed by atoms with Crippen molar-refractivity contribution in [3.8, 4) is 0 Å². The molecule has 0 aliphatic carbocycles. The minimum absolute atomic E-state index is 0.139. The summed E-state index contributed by atoms with van der Waals surface area (Å²) in [6.45, 7) is 4.71. The third kappa shape index (κ3) is 3.43. The van der Waals surface area contributed by atoms with Gasteiger partial charge in [-0.05, 0) is 42.1 Å². The number of aryl methyl sites for hydroxylation is 1. The Labute approximate surface area is 162 Å². The number of anilines is 1. The van der Waals surface area contributed by atoms with E-state index in [1.165, 1.54) is 0 Å². The maximum Gasteiger partial charge on any atom is 0.270 e. The number of hydrogen-bond acceptors (Lipinski definition) is 3. The van der Waals surface area contributed by atoms with Gasteiger partial charge in [0.1, 0.15) is 5.69 Å². The summed E-state index contributed by atoms with van der Waals surface area (Å²) in [6.07, 6.45) is 0. The van der Waals surface area contributed by atoms with Crippen LogP contribution < -0.4 is 10.5 Å². The maximum absolute atomic E-state index is 12.9. The van der Waals surface area contributed by atoms with Crippen molar-refractivity contribution >= 4 is 34.0 Å². The van der Waals surface area contributed by atoms with Crippen molar-refractivity contribution in [1.29, 1.82) is 0 Å². The fourth-order valence-electron chi connectivity index (χ4n) is 3.57. The average Bonchev–Trinajstić information content (AvgIpc) is 2.69. The van der Waals surface area contributed by atoms with Gasteiger partial charge in [-0.3, -0.25) is 9.59 Å². The first-order valence-corrected chi connectivity index (χ1v) is 9.33. The van der Waals surface area contributed by atoms with E-state index in [1.54, 1.807) is 17.0 Å². The Morgan fingerprint density at radius 2 is 1.78 bits per heavy atom. The number of piperazine rings is 1. The lowest BCUT2D eigenvalue weighted by Gasteiger charge is -2.36. The maximum atomic E-state index is 12.9. The molecule has 1 aromatic heterocycles. The van der Waals surface area contributed by atoms with Crippen molar-refractivity contribution in [3.63, 3.8) is 0 Å². The van der Waals surface area contributed by atoms with Crippen LogP contribution in [-0.2, 0) is 0 Å². The van der Waals surface area contributed by atoms with E-state index in [0.717, 1.165) is 29.7 Å². The molecule has 2 heterocycles. The molecule has 5 nitrogen and oxygen atoms in total. The van der Waals surface area contributed by atoms with Gasteiger partial charge < -0.3 is 14.8 Å². The minimum atomic E-state index is -0.232. The summed E-state index contributed by atoms with van der Waals surface area (Å²) in [5.41, 5.74) is 2.38. The lowest BCUT2D eigenvalue weighted by Crippen LogP contribution is -2.49. The van der Waals surface area contributed by atoms with Gasteiger partial charge in [0.25, 0.3) is 11.5 Å². The average molecular weight is 382 g/mol. The predicted molar refractivity (Wildman–Crippen MR) is 109 cm³/mol. The summed E-state index contributed by atoms with van der Waals surface area (Å²) in [7, 11) is 0. The van der Waals surface area contributed by atoms with Crippen LogP contribution in [0, 0.1) is 6.92 Å². The third-order valence-electron chi connectivity index (χ3n) is 5.06. The summed E-state index contributed by atoms with van der Waals surface area (Å²) in [6, 6.07) is 14.9. The number of halogens is 1. The monoisotopic (exact) mass is 381 g/mol. The van der Waals surface area contributed by atoms with Crippen molar-refractivity contribution in [2.45, 2.75) is 6.92 Å². The molecular formula is C21H20ClN3O2. The van der Waals surface area contributed by atoms with Crippen LogP contribution in [0.25, 0.3) is 10.8 Å². The first-order chi connectivity index (χ1) is 13.0. The number of aromatic amines is 1. The zero-order valence-electron chi connectivity index (χ0n) is 15.0. The molecule has 27 heavy (non-hydrogen) atoms. The van der Waals surface area contributed by atoms with Crippen molar-refractivity contribution in [1.82, 2.24) is 9.88 Å². The molecule has 138 valence electrons. The van der Waals surface area contributed by atoms with Gasteiger partial charge >= 0.3 is 0 Å². The van der Waals surface area contributed by atoms with Crippen LogP contribution in [0.5, 0.6) is 0 Å². The Kier molecular flexibility index (Phi) is 4.62. The number of hydrogen-bond donors (Lipinski definition) is 1. The number of amides is 1. The van der Waals surface area contributed by atoms with Crippen LogP contribution in [0.3, 0.4) is 0 Å². The first kappa shape index (κ1) is 17.6. The fourth-order valence-corrected chi connectivity index (χ4v) is 3.74. The van der Waals surface area contributed by atoms with E-state index in [2.05, 4.69) is 16.8 Å². The predicted octanol–water partition coefficient (Wildman–Crippen LogP) is 3.45. The van der Waals surface area contributed by atoms with Gasteiger partial charge in [0.05, 0.1) is 0 Å². The van der Waals surface area contributed by atoms with Crippen LogP contribution in [0.15, 0.2) is 53.3 Å². The largest absolute Gasteiger partial charge is 0.368 e. The number of carbonyl (C=O) groups excluding carboxylic acids is 1. The third-order valence-corrected chi connectivity index (χ3v) is 5.30. The summed E-state index contributed by atoms with van der Waals surface area (Å²) in [5, 5.41) is 2.08. The molecule has 1 aliphatic heterocycles. The fraction of sp³-hybridized carbons (Fsp3) is 0.238. The smallest absolute Gasteiger partial charge is 0.270 e. The number of aromatic nitrogens is 1. The van der Waals surface area contributed by atoms with Crippen molar-refractivity contribution in [3.05, 3.63) is 75.2 Å². The van der Waals surface area contributed by atoms with Crippen LogP contribution in [-0.4, -0.2) is 42.0 Å². The number of carbonyl (C=O) groups is 1. The van der Waals surface area contributed by atoms with E-state index in [9.17, 15) is 9.59 Å². The number of H-pyrrole nitrogens is 1. The van der Waals surface area contributed by atoms with Gasteiger partial charge in [-0.25, -0.2) is 0 Å². The molecule has 1 amide bonds. The number of benzene rings is 2. The molecular weight excluding hydrogens is 362 g/mol. The topological polar surface area (TPSA) is 56.4 Å². The number of nitrogens with one attached hydrogen (secondary N) is 1. The van der Waals surface area contributed by atoms with Gasteiger partial charge in [0, 0.05) is 42.3 Å². The Balaban J connectivity index is 1.52. The van der Waals surface area contributed by atoms with E-state index >= 15 is 0 Å². The molecule has 0 bridgehead atoms. The van der Waals surface area contributed by atoms with Gasteiger partial charge in [0.2, 0.25) is 0 Å². The molecule has 0 spiro atoms. The van der Waals surface area contributed by atoms with Crippen molar-refractivity contribution in [2.24, 2.45) is 0 Å². The van der Waals surface area contributed by atoms with Crippen LogP contribution in [0.1, 0.15) is 16.1 Å². The highest BCUT2D eigenvalue weighted by Gasteiger charge is 2.24. The molecule has 0 unspecified atom stereocenters. The molecule has 6 heteroatoms. The summed E-state index contributed by atoms with van der Waals surface area (Å²) < 4.78 is 0. The van der Waals surface area contributed by atoms with Gasteiger partial charge in [-0.2, -0.15) is 0 Å². The quantitative estimate of drug-likeness (QED) is 0.739. The molecule has 2 aromatic carbocycles. The molecule has 1 N–H and O–H groups in total. The Hall–Kier alpha value is -2.79. The van der Waals surface area contributed by atoms with E-state index in [4.69, 9.17) is 11.6 Å². The summed E-state index contributed by atoms with van der Waals surface area (Å²) >= 11 is 6.13. The van der Waals surface area contributed by atoms with E-state index in [1.807, 2.05) is 36.4 Å². The molecule has 0 radical (unpaired) electrons. The van der Waals surface area contributed by atoms with E-state index in [-0.39, 0.29) is 11.5 Å². The highest BCUT2D eigenvalue weighted by Crippen LogP contribution is 2.25. The van der Waals surface area contributed by atoms with Crippen molar-refractivity contribution < 1.29 is 4.79 Å². The summed E-state index contributed by atoms with van der Waals surface area (Å²) in [4.78, 5) is 31.9. The SMILES string of the molecule is Cc1ccc(Cl)cc1N1CCN(C(=O)c2cc3ccccc3c(=O)[nH]2)CC1. The zero-order chi connectivity index (χ0) is 19.0. The minimum Gasteiger partial charge on any atom is -0.368 e. The van der Waals surface area contributed by atoms with Crippen LogP contribution in [0.4, 0.5) is 5.69 Å². The number of nitrogens with zero attached hydrogens (tertiary/aromatic N) is 2. The van der Waals surface area contributed by atoms with Crippen LogP contribution in [0.2, 0.25) is 5.02 Å². The van der Waals surface area contributed by atoms with Gasteiger partial charge in [-0.1, -0.05) is 35.9 Å². The van der Waals surface area contributed by atoms with Gasteiger partial charge in [0.15, 0.2) is 0 Å². The molecule has 1 saturated heterocycles. The second kappa shape index (κ2) is 7.08. The lowest BCUT2D eigenvalue weighted by molar-refractivity contribution is 0.0741. The number of fused-ring (bicyclic) bond motifs is 1. The molecule has 4 rings (SSSR count).